The van der Waals surface area contributed by atoms with Crippen LogP contribution in [0.1, 0.15) is 16.3 Å². The van der Waals surface area contributed by atoms with Crippen molar-refractivity contribution >= 4 is 39.4 Å². The predicted octanol–water partition coefficient (Wildman–Crippen LogP) is 3.88. The summed E-state index contributed by atoms with van der Waals surface area (Å²) in [6.45, 7) is 3.98. The van der Waals surface area contributed by atoms with Crippen LogP contribution in [-0.2, 0) is 11.2 Å². The van der Waals surface area contributed by atoms with Gasteiger partial charge in [0.25, 0.3) is 0 Å². The Kier molecular flexibility index (Phi) is 4.05. The van der Waals surface area contributed by atoms with Gasteiger partial charge in [0.15, 0.2) is 5.13 Å². The average molecular weight is 371 g/mol. The van der Waals surface area contributed by atoms with Gasteiger partial charge in [-0.1, -0.05) is 18.2 Å². The molecule has 0 saturated carbocycles. The van der Waals surface area contributed by atoms with E-state index in [1.54, 1.807) is 11.3 Å². The molecule has 1 aliphatic rings. The van der Waals surface area contributed by atoms with Crippen LogP contribution in [0.2, 0.25) is 0 Å². The van der Waals surface area contributed by atoms with Crippen molar-refractivity contribution in [2.75, 3.05) is 17.3 Å². The maximum atomic E-state index is 12.7. The lowest BCUT2D eigenvalue weighted by Gasteiger charge is -2.21. The molecule has 5 nitrogen and oxygen atoms in total. The van der Waals surface area contributed by atoms with Crippen LogP contribution in [0.25, 0.3) is 10.6 Å². The molecule has 1 aliphatic heterocycles. The zero-order chi connectivity index (χ0) is 17.6. The van der Waals surface area contributed by atoms with Gasteiger partial charge in [0.05, 0.1) is 21.3 Å². The van der Waals surface area contributed by atoms with Crippen LogP contribution in [0.15, 0.2) is 29.6 Å². The van der Waals surface area contributed by atoms with E-state index in [1.807, 2.05) is 43.3 Å². The molecule has 3 heterocycles. The van der Waals surface area contributed by atoms with E-state index in [1.165, 1.54) is 16.9 Å². The number of hydrogen-bond donors (Lipinski definition) is 1. The van der Waals surface area contributed by atoms with Crippen molar-refractivity contribution in [1.82, 2.24) is 9.97 Å². The Labute approximate surface area is 154 Å². The van der Waals surface area contributed by atoms with E-state index in [0.717, 1.165) is 33.4 Å². The highest BCUT2D eigenvalue weighted by molar-refractivity contribution is 7.16. The zero-order valence-corrected chi connectivity index (χ0v) is 15.9. The summed E-state index contributed by atoms with van der Waals surface area (Å²) in [4.78, 5) is 24.8. The number of fused-ring (bicyclic) bond motifs is 1. The van der Waals surface area contributed by atoms with Crippen molar-refractivity contribution in [3.05, 3.63) is 45.9 Å². The van der Waals surface area contributed by atoms with E-state index in [4.69, 9.17) is 0 Å². The minimum absolute atomic E-state index is 0.0168. The van der Waals surface area contributed by atoms with Gasteiger partial charge in [-0.15, -0.1) is 22.7 Å². The number of aryl methyl sites for hydroxylation is 2. The van der Waals surface area contributed by atoms with Gasteiger partial charge in [-0.3, -0.25) is 4.79 Å². The number of nitrogens with one attached hydrogen (secondary N) is 1. The fraction of sp³-hybridized carbons (Fsp3) is 0.278. The minimum Gasteiger partial charge on any atom is -0.362 e. The standard InChI is InChI=1S/C18H18N4OS2/c1-10-16(25-11(2)19-10)13-9-24-18(20-13)21-17(23)15-8-12-6-4-5-7-14(12)22(15)3/h4-7,9,15H,8H2,1-3H3,(H,20,21,23). The summed E-state index contributed by atoms with van der Waals surface area (Å²) in [5, 5.41) is 6.61. The van der Waals surface area contributed by atoms with Crippen LogP contribution in [0.3, 0.4) is 0 Å². The molecule has 1 N–H and O–H groups in total. The molecule has 0 saturated heterocycles. The Hall–Kier alpha value is -2.25. The van der Waals surface area contributed by atoms with Crippen molar-refractivity contribution < 1.29 is 4.79 Å². The highest BCUT2D eigenvalue weighted by Gasteiger charge is 2.32. The van der Waals surface area contributed by atoms with E-state index in [0.29, 0.717) is 5.13 Å². The third-order valence-corrected chi connectivity index (χ3v) is 6.28. The molecule has 0 aliphatic carbocycles. The average Bonchev–Trinajstić information content (AvgIpc) is 3.26. The van der Waals surface area contributed by atoms with E-state index >= 15 is 0 Å². The number of thiazole rings is 2. The number of rotatable bonds is 3. The number of aromatic nitrogens is 2. The highest BCUT2D eigenvalue weighted by Crippen LogP contribution is 2.33. The number of carbonyl (C=O) groups is 1. The number of nitrogens with zero attached hydrogens (tertiary/aromatic N) is 3. The van der Waals surface area contributed by atoms with Crippen LogP contribution < -0.4 is 10.2 Å². The van der Waals surface area contributed by atoms with Crippen molar-refractivity contribution in [1.29, 1.82) is 0 Å². The molecule has 25 heavy (non-hydrogen) atoms. The summed E-state index contributed by atoms with van der Waals surface area (Å²) >= 11 is 3.08. The Morgan fingerprint density at radius 1 is 1.28 bits per heavy atom. The first kappa shape index (κ1) is 16.2. The molecule has 1 aromatic carbocycles. The van der Waals surface area contributed by atoms with Gasteiger partial charge < -0.3 is 10.2 Å². The fourth-order valence-corrected chi connectivity index (χ4v) is 4.86. The third kappa shape index (κ3) is 2.94. The van der Waals surface area contributed by atoms with Crippen LogP contribution in [-0.4, -0.2) is 29.0 Å². The molecule has 1 atom stereocenters. The number of likely N-dealkylation sites (N-methyl/N-ethyl adjacent to an activating group) is 1. The molecule has 1 unspecified atom stereocenters. The van der Waals surface area contributed by atoms with Crippen LogP contribution in [0.4, 0.5) is 10.8 Å². The van der Waals surface area contributed by atoms with Gasteiger partial charge in [-0.05, 0) is 25.5 Å². The number of para-hydroxylation sites is 1. The van der Waals surface area contributed by atoms with Gasteiger partial charge in [0.2, 0.25) is 5.91 Å². The van der Waals surface area contributed by atoms with Gasteiger partial charge >= 0.3 is 0 Å². The van der Waals surface area contributed by atoms with E-state index in [2.05, 4.69) is 27.4 Å². The first-order valence-corrected chi connectivity index (χ1v) is 9.74. The number of benzene rings is 1. The fourth-order valence-electron chi connectivity index (χ4n) is 3.20. The molecule has 1 amide bonds. The Morgan fingerprint density at radius 2 is 2.08 bits per heavy atom. The zero-order valence-electron chi connectivity index (χ0n) is 14.2. The van der Waals surface area contributed by atoms with Gasteiger partial charge in [-0.2, -0.15) is 0 Å². The molecule has 4 rings (SSSR count). The summed E-state index contributed by atoms with van der Waals surface area (Å²) < 4.78 is 0. The van der Waals surface area contributed by atoms with Crippen LogP contribution in [0, 0.1) is 13.8 Å². The summed E-state index contributed by atoms with van der Waals surface area (Å²) in [5.74, 6) is -0.0168. The molecule has 0 fully saturated rings. The first-order valence-electron chi connectivity index (χ1n) is 8.04. The molecule has 0 radical (unpaired) electrons. The molecule has 128 valence electrons. The normalized spacial score (nSPS) is 16.1. The van der Waals surface area contributed by atoms with Gasteiger partial charge in [0.1, 0.15) is 6.04 Å². The lowest BCUT2D eigenvalue weighted by molar-refractivity contribution is -0.117. The summed E-state index contributed by atoms with van der Waals surface area (Å²) in [5.41, 5.74) is 4.20. The number of hydrogen-bond acceptors (Lipinski definition) is 6. The molecule has 7 heteroatoms. The number of anilines is 2. The Balaban J connectivity index is 1.50. The maximum Gasteiger partial charge on any atom is 0.249 e. The number of amides is 1. The van der Waals surface area contributed by atoms with Crippen molar-refractivity contribution in [2.45, 2.75) is 26.3 Å². The Morgan fingerprint density at radius 3 is 2.80 bits per heavy atom. The lowest BCUT2D eigenvalue weighted by atomic mass is 10.1. The van der Waals surface area contributed by atoms with E-state index < -0.39 is 0 Å². The van der Waals surface area contributed by atoms with Crippen LogP contribution >= 0.6 is 22.7 Å². The molecule has 0 spiro atoms. The molecular weight excluding hydrogens is 352 g/mol. The van der Waals surface area contributed by atoms with Crippen molar-refractivity contribution in [2.24, 2.45) is 0 Å². The minimum atomic E-state index is -0.197. The second kappa shape index (κ2) is 6.24. The summed E-state index contributed by atoms with van der Waals surface area (Å²) in [7, 11) is 1.97. The number of carbonyl (C=O) groups excluding carboxylic acids is 1. The summed E-state index contributed by atoms with van der Waals surface area (Å²) in [6, 6.07) is 7.95. The topological polar surface area (TPSA) is 58.1 Å². The quantitative estimate of drug-likeness (QED) is 0.760. The monoisotopic (exact) mass is 370 g/mol. The second-order valence-corrected chi connectivity index (χ2v) is 8.20. The first-order chi connectivity index (χ1) is 12.0. The van der Waals surface area contributed by atoms with Gasteiger partial charge in [-0.25, -0.2) is 9.97 Å². The van der Waals surface area contributed by atoms with E-state index in [-0.39, 0.29) is 11.9 Å². The van der Waals surface area contributed by atoms with E-state index in [9.17, 15) is 4.79 Å². The predicted molar refractivity (Wildman–Crippen MR) is 104 cm³/mol. The molecule has 0 bridgehead atoms. The highest BCUT2D eigenvalue weighted by atomic mass is 32.1. The van der Waals surface area contributed by atoms with Gasteiger partial charge in [0, 0.05) is 24.5 Å². The van der Waals surface area contributed by atoms with Crippen molar-refractivity contribution in [3.8, 4) is 10.6 Å². The SMILES string of the molecule is Cc1nc(C)c(-c2csc(NC(=O)C3Cc4ccccc4N3C)n2)s1. The third-order valence-electron chi connectivity index (χ3n) is 4.43. The molecule has 2 aromatic heterocycles. The smallest absolute Gasteiger partial charge is 0.249 e. The maximum absolute atomic E-state index is 12.7. The molecule has 3 aromatic rings. The lowest BCUT2D eigenvalue weighted by Crippen LogP contribution is -2.39. The Bertz CT molecular complexity index is 946. The largest absolute Gasteiger partial charge is 0.362 e. The second-order valence-electron chi connectivity index (χ2n) is 6.13. The summed E-state index contributed by atoms with van der Waals surface area (Å²) in [6.07, 6.45) is 0.726. The molecular formula is C18H18N4OS2. The van der Waals surface area contributed by atoms with Crippen molar-refractivity contribution in [3.63, 3.8) is 0 Å². The van der Waals surface area contributed by atoms with Crippen LogP contribution in [0.5, 0.6) is 0 Å².